The number of nitrogens with zero attached hydrogens (tertiary/aromatic N) is 3. The molecule has 0 spiro atoms. The van der Waals surface area contributed by atoms with Crippen LogP contribution in [0.2, 0.25) is 0 Å². The zero-order valence-corrected chi connectivity index (χ0v) is 11.5. The molecule has 1 saturated heterocycles. The zero-order valence-electron chi connectivity index (χ0n) is 11.5. The number of aromatic nitrogens is 2. The van der Waals surface area contributed by atoms with E-state index in [9.17, 15) is 4.79 Å². The molecule has 5 nitrogen and oxygen atoms in total. The van der Waals surface area contributed by atoms with Gasteiger partial charge in [0.1, 0.15) is 0 Å². The number of amides is 1. The van der Waals surface area contributed by atoms with E-state index in [2.05, 4.69) is 15.3 Å². The van der Waals surface area contributed by atoms with Crippen molar-refractivity contribution >= 4 is 11.6 Å². The Bertz CT molecular complexity index is 432. The summed E-state index contributed by atoms with van der Waals surface area (Å²) in [5, 5.41) is 7.28. The Balaban J connectivity index is 1.94. The number of piperidine rings is 1. The topological polar surface area (TPSA) is 50.2 Å². The van der Waals surface area contributed by atoms with Crippen LogP contribution >= 0.6 is 0 Å². The fraction of sp³-hybridized carbons (Fsp3) is 0.692. The van der Waals surface area contributed by atoms with E-state index < -0.39 is 0 Å². The number of nitrogens with one attached hydrogen (secondary N) is 1. The molecule has 0 aromatic carbocycles. The lowest BCUT2D eigenvalue weighted by Gasteiger charge is -2.25. The molecule has 1 aromatic heterocycles. The number of carbonyl (C=O) groups is 1. The molecule has 1 aromatic rings. The summed E-state index contributed by atoms with van der Waals surface area (Å²) in [6, 6.07) is 0. The molecule has 0 aliphatic carbocycles. The quantitative estimate of drug-likeness (QED) is 0.883. The van der Waals surface area contributed by atoms with Gasteiger partial charge in [0, 0.05) is 7.05 Å². The van der Waals surface area contributed by atoms with E-state index in [1.165, 1.54) is 19.3 Å². The predicted molar refractivity (Wildman–Crippen MR) is 71.6 cm³/mol. The molecule has 5 heteroatoms. The molecule has 2 rings (SSSR count). The van der Waals surface area contributed by atoms with Gasteiger partial charge in [0.25, 0.3) is 0 Å². The second-order valence-corrected chi connectivity index (χ2v) is 5.05. The summed E-state index contributed by atoms with van der Waals surface area (Å²) in [6.45, 7) is 6.46. The van der Waals surface area contributed by atoms with Crippen molar-refractivity contribution in [3.63, 3.8) is 0 Å². The van der Waals surface area contributed by atoms with Crippen molar-refractivity contribution in [1.82, 2.24) is 14.7 Å². The van der Waals surface area contributed by atoms with Crippen LogP contribution in [0.4, 0.5) is 5.69 Å². The van der Waals surface area contributed by atoms with Gasteiger partial charge in [-0.05, 0) is 39.8 Å². The van der Waals surface area contributed by atoms with Crippen LogP contribution in [-0.2, 0) is 11.8 Å². The molecule has 0 bridgehead atoms. The highest BCUT2D eigenvalue weighted by atomic mass is 16.2. The number of anilines is 1. The monoisotopic (exact) mass is 250 g/mol. The van der Waals surface area contributed by atoms with Gasteiger partial charge in [0.2, 0.25) is 5.91 Å². The highest BCUT2D eigenvalue weighted by Crippen LogP contribution is 2.18. The van der Waals surface area contributed by atoms with Crippen LogP contribution in [0.15, 0.2) is 0 Å². The number of hydrogen-bond acceptors (Lipinski definition) is 3. The summed E-state index contributed by atoms with van der Waals surface area (Å²) >= 11 is 0. The Morgan fingerprint density at radius 1 is 1.28 bits per heavy atom. The van der Waals surface area contributed by atoms with Gasteiger partial charge in [0.05, 0.1) is 23.6 Å². The molecule has 1 aliphatic rings. The van der Waals surface area contributed by atoms with Crippen molar-refractivity contribution in [3.8, 4) is 0 Å². The van der Waals surface area contributed by atoms with Gasteiger partial charge in [-0.1, -0.05) is 6.42 Å². The maximum Gasteiger partial charge on any atom is 0.238 e. The third kappa shape index (κ3) is 2.90. The lowest BCUT2D eigenvalue weighted by molar-refractivity contribution is -0.117. The van der Waals surface area contributed by atoms with Crippen LogP contribution in [0.5, 0.6) is 0 Å². The van der Waals surface area contributed by atoms with E-state index in [1.807, 2.05) is 20.9 Å². The van der Waals surface area contributed by atoms with Crippen molar-refractivity contribution in [1.29, 1.82) is 0 Å². The van der Waals surface area contributed by atoms with Crippen LogP contribution in [0, 0.1) is 13.8 Å². The summed E-state index contributed by atoms with van der Waals surface area (Å²) in [6.07, 6.45) is 3.70. The average Bonchev–Trinajstić information content (AvgIpc) is 2.57. The minimum Gasteiger partial charge on any atom is -0.322 e. The van der Waals surface area contributed by atoms with E-state index in [-0.39, 0.29) is 5.91 Å². The van der Waals surface area contributed by atoms with Crippen molar-refractivity contribution in [3.05, 3.63) is 11.4 Å². The van der Waals surface area contributed by atoms with Crippen LogP contribution in [0.25, 0.3) is 0 Å². The molecule has 100 valence electrons. The molecular formula is C13H22N4O. The standard InChI is InChI=1S/C13H22N4O/c1-10-13(11(2)16(3)15-10)14-12(18)9-17-7-5-4-6-8-17/h4-9H2,1-3H3,(H,14,18). The highest BCUT2D eigenvalue weighted by molar-refractivity contribution is 5.93. The number of likely N-dealkylation sites (tertiary alicyclic amines) is 1. The van der Waals surface area contributed by atoms with Gasteiger partial charge >= 0.3 is 0 Å². The van der Waals surface area contributed by atoms with Crippen molar-refractivity contribution in [2.24, 2.45) is 7.05 Å². The molecule has 2 heterocycles. The third-order valence-corrected chi connectivity index (χ3v) is 3.59. The zero-order chi connectivity index (χ0) is 13.1. The summed E-state index contributed by atoms with van der Waals surface area (Å²) in [4.78, 5) is 14.2. The molecule has 0 atom stereocenters. The Labute approximate surface area is 108 Å². The van der Waals surface area contributed by atoms with Crippen molar-refractivity contribution in [2.45, 2.75) is 33.1 Å². The van der Waals surface area contributed by atoms with Gasteiger partial charge in [-0.3, -0.25) is 14.4 Å². The minimum atomic E-state index is 0.0658. The second kappa shape index (κ2) is 5.52. The average molecular weight is 250 g/mol. The fourth-order valence-electron chi connectivity index (χ4n) is 2.45. The Kier molecular flexibility index (Phi) is 4.01. The van der Waals surface area contributed by atoms with Crippen LogP contribution in [0.3, 0.4) is 0 Å². The number of hydrogen-bond donors (Lipinski definition) is 1. The number of rotatable bonds is 3. The molecule has 18 heavy (non-hydrogen) atoms. The lowest BCUT2D eigenvalue weighted by atomic mass is 10.1. The van der Waals surface area contributed by atoms with Gasteiger partial charge in [-0.15, -0.1) is 0 Å². The van der Waals surface area contributed by atoms with E-state index in [4.69, 9.17) is 0 Å². The van der Waals surface area contributed by atoms with Crippen LogP contribution in [0.1, 0.15) is 30.7 Å². The number of carbonyl (C=O) groups excluding carboxylic acids is 1. The van der Waals surface area contributed by atoms with E-state index >= 15 is 0 Å². The SMILES string of the molecule is Cc1nn(C)c(C)c1NC(=O)CN1CCCCC1. The first-order valence-electron chi connectivity index (χ1n) is 6.60. The summed E-state index contributed by atoms with van der Waals surface area (Å²) in [5.74, 6) is 0.0658. The van der Waals surface area contributed by atoms with Gasteiger partial charge in [-0.25, -0.2) is 0 Å². The smallest absolute Gasteiger partial charge is 0.238 e. The molecule has 0 saturated carbocycles. The second-order valence-electron chi connectivity index (χ2n) is 5.05. The van der Waals surface area contributed by atoms with E-state index in [1.54, 1.807) is 4.68 Å². The minimum absolute atomic E-state index is 0.0658. The molecule has 1 fully saturated rings. The first-order valence-corrected chi connectivity index (χ1v) is 6.60. The Morgan fingerprint density at radius 3 is 2.50 bits per heavy atom. The lowest BCUT2D eigenvalue weighted by Crippen LogP contribution is -2.37. The normalized spacial score (nSPS) is 16.8. The number of aryl methyl sites for hydroxylation is 2. The first kappa shape index (κ1) is 13.1. The molecule has 1 N–H and O–H groups in total. The summed E-state index contributed by atoms with van der Waals surface area (Å²) in [5.41, 5.74) is 2.74. The molecule has 0 unspecified atom stereocenters. The maximum absolute atomic E-state index is 12.0. The molecule has 1 aliphatic heterocycles. The highest BCUT2D eigenvalue weighted by Gasteiger charge is 2.16. The Morgan fingerprint density at radius 2 is 1.94 bits per heavy atom. The summed E-state index contributed by atoms with van der Waals surface area (Å²) in [7, 11) is 1.89. The maximum atomic E-state index is 12.0. The largest absolute Gasteiger partial charge is 0.322 e. The fourth-order valence-corrected chi connectivity index (χ4v) is 2.45. The van der Waals surface area contributed by atoms with Crippen molar-refractivity contribution in [2.75, 3.05) is 25.0 Å². The van der Waals surface area contributed by atoms with E-state index in [0.29, 0.717) is 6.54 Å². The molecule has 0 radical (unpaired) electrons. The van der Waals surface area contributed by atoms with Gasteiger partial charge < -0.3 is 5.32 Å². The van der Waals surface area contributed by atoms with E-state index in [0.717, 1.165) is 30.2 Å². The summed E-state index contributed by atoms with van der Waals surface area (Å²) < 4.78 is 1.80. The molecular weight excluding hydrogens is 228 g/mol. The third-order valence-electron chi connectivity index (χ3n) is 3.59. The van der Waals surface area contributed by atoms with Gasteiger partial charge in [0.15, 0.2) is 0 Å². The first-order chi connectivity index (χ1) is 8.58. The van der Waals surface area contributed by atoms with Crippen LogP contribution < -0.4 is 5.32 Å². The molecule has 1 amide bonds. The van der Waals surface area contributed by atoms with Gasteiger partial charge in [-0.2, -0.15) is 5.10 Å². The van der Waals surface area contributed by atoms with Crippen molar-refractivity contribution < 1.29 is 4.79 Å². The predicted octanol–water partition coefficient (Wildman–Crippen LogP) is 1.46. The van der Waals surface area contributed by atoms with Crippen LogP contribution in [-0.4, -0.2) is 40.2 Å². The Hall–Kier alpha value is -1.36.